The zero-order valence-corrected chi connectivity index (χ0v) is 22.3. The van der Waals surface area contributed by atoms with Crippen LogP contribution >= 0.6 is 23.2 Å². The Morgan fingerprint density at radius 3 is 2.66 bits per heavy atom. The van der Waals surface area contributed by atoms with Crippen LogP contribution in [0.25, 0.3) is 10.9 Å². The SMILES string of the molecule is C=CC(=O)N1C2CCC1CC(Oc1cc3c(Nc4ccc(Cl)c(Cl)c4F)ncnc3cc1OCCOC)C2. The second-order valence-electron chi connectivity index (χ2n) is 9.27. The minimum Gasteiger partial charge on any atom is -0.487 e. The number of nitrogens with zero attached hydrogens (tertiary/aromatic N) is 3. The summed E-state index contributed by atoms with van der Waals surface area (Å²) in [6.45, 7) is 4.36. The van der Waals surface area contributed by atoms with Gasteiger partial charge in [-0.1, -0.05) is 29.8 Å². The molecule has 2 unspecified atom stereocenters. The van der Waals surface area contributed by atoms with E-state index in [1.54, 1.807) is 19.2 Å². The molecule has 3 heterocycles. The molecule has 0 saturated carbocycles. The van der Waals surface area contributed by atoms with Gasteiger partial charge in [0.05, 0.1) is 27.9 Å². The highest BCUT2D eigenvalue weighted by atomic mass is 35.5. The van der Waals surface area contributed by atoms with Crippen LogP contribution in [0, 0.1) is 5.82 Å². The van der Waals surface area contributed by atoms with E-state index in [0.717, 1.165) is 12.8 Å². The molecule has 5 rings (SSSR count). The number of piperidine rings is 1. The minimum atomic E-state index is -0.682. The number of nitrogens with one attached hydrogen (secondary N) is 1. The van der Waals surface area contributed by atoms with Gasteiger partial charge in [-0.15, -0.1) is 0 Å². The number of amides is 1. The monoisotopic (exact) mass is 560 g/mol. The van der Waals surface area contributed by atoms with Gasteiger partial charge >= 0.3 is 0 Å². The lowest BCUT2D eigenvalue weighted by Gasteiger charge is -2.38. The summed E-state index contributed by atoms with van der Waals surface area (Å²) < 4.78 is 32.4. The Hall–Kier alpha value is -3.14. The quantitative estimate of drug-likeness (QED) is 0.197. The molecule has 38 heavy (non-hydrogen) atoms. The van der Waals surface area contributed by atoms with Crippen LogP contribution in [-0.4, -0.2) is 59.3 Å². The van der Waals surface area contributed by atoms with E-state index in [9.17, 15) is 9.18 Å². The fraction of sp³-hybridized carbons (Fsp3) is 0.370. The van der Waals surface area contributed by atoms with Crippen molar-refractivity contribution in [2.75, 3.05) is 25.6 Å². The van der Waals surface area contributed by atoms with E-state index in [1.165, 1.54) is 24.5 Å². The zero-order valence-electron chi connectivity index (χ0n) is 20.8. The van der Waals surface area contributed by atoms with Crippen molar-refractivity contribution < 1.29 is 23.4 Å². The van der Waals surface area contributed by atoms with Gasteiger partial charge in [0, 0.05) is 43.5 Å². The maximum Gasteiger partial charge on any atom is 0.246 e. The van der Waals surface area contributed by atoms with Crippen molar-refractivity contribution in [2.45, 2.75) is 43.9 Å². The Morgan fingerprint density at radius 2 is 1.95 bits per heavy atom. The molecule has 2 aliphatic heterocycles. The zero-order chi connectivity index (χ0) is 26.8. The van der Waals surface area contributed by atoms with Gasteiger partial charge in [-0.2, -0.15) is 0 Å². The molecule has 8 nitrogen and oxygen atoms in total. The summed E-state index contributed by atoms with van der Waals surface area (Å²) in [5.41, 5.74) is 0.701. The topological polar surface area (TPSA) is 85.8 Å². The lowest BCUT2D eigenvalue weighted by Crippen LogP contribution is -2.48. The third-order valence-corrected chi connectivity index (χ3v) is 7.73. The van der Waals surface area contributed by atoms with Gasteiger partial charge in [-0.05, 0) is 37.1 Å². The molecule has 0 radical (unpaired) electrons. The molecule has 1 amide bonds. The molecule has 0 aliphatic carbocycles. The molecule has 3 aromatic rings. The number of hydrogen-bond acceptors (Lipinski definition) is 7. The van der Waals surface area contributed by atoms with Crippen LogP contribution < -0.4 is 14.8 Å². The predicted octanol–water partition coefficient (Wildman–Crippen LogP) is 5.93. The van der Waals surface area contributed by atoms with Crippen LogP contribution in [0.3, 0.4) is 0 Å². The molecule has 1 N–H and O–H groups in total. The molecule has 1 aromatic heterocycles. The second kappa shape index (κ2) is 11.3. The van der Waals surface area contributed by atoms with E-state index in [2.05, 4.69) is 21.9 Å². The van der Waals surface area contributed by atoms with Gasteiger partial charge in [0.1, 0.15) is 24.9 Å². The van der Waals surface area contributed by atoms with Gasteiger partial charge in [0.2, 0.25) is 5.91 Å². The van der Waals surface area contributed by atoms with E-state index in [1.807, 2.05) is 4.90 Å². The van der Waals surface area contributed by atoms with E-state index in [-0.39, 0.29) is 39.8 Å². The molecular weight excluding hydrogens is 534 g/mol. The summed E-state index contributed by atoms with van der Waals surface area (Å²) in [5.74, 6) is 0.670. The van der Waals surface area contributed by atoms with E-state index in [4.69, 9.17) is 37.4 Å². The number of anilines is 2. The highest BCUT2D eigenvalue weighted by Crippen LogP contribution is 2.41. The molecule has 2 aromatic carbocycles. The van der Waals surface area contributed by atoms with E-state index < -0.39 is 5.82 Å². The first-order valence-corrected chi connectivity index (χ1v) is 13.1. The maximum atomic E-state index is 14.8. The number of fused-ring (bicyclic) bond motifs is 3. The Bertz CT molecular complexity index is 1360. The first-order chi connectivity index (χ1) is 18.4. The lowest BCUT2D eigenvalue weighted by molar-refractivity contribution is -0.131. The third-order valence-electron chi connectivity index (χ3n) is 6.95. The van der Waals surface area contributed by atoms with Gasteiger partial charge in [-0.3, -0.25) is 4.79 Å². The molecule has 2 fully saturated rings. The Balaban J connectivity index is 1.47. The van der Waals surface area contributed by atoms with Crippen LogP contribution in [0.5, 0.6) is 11.5 Å². The average molecular weight is 561 g/mol. The number of benzene rings is 2. The Kier molecular flexibility index (Phi) is 7.88. The molecule has 2 bridgehead atoms. The fourth-order valence-electron chi connectivity index (χ4n) is 5.22. The number of hydrogen-bond donors (Lipinski definition) is 1. The van der Waals surface area contributed by atoms with Crippen LogP contribution in [0.1, 0.15) is 25.7 Å². The molecule has 11 heteroatoms. The van der Waals surface area contributed by atoms with Crippen molar-refractivity contribution in [1.29, 1.82) is 0 Å². The van der Waals surface area contributed by atoms with E-state index in [0.29, 0.717) is 54.3 Å². The molecule has 2 aliphatic rings. The van der Waals surface area contributed by atoms with Crippen molar-refractivity contribution in [3.8, 4) is 11.5 Å². The largest absolute Gasteiger partial charge is 0.487 e. The number of rotatable bonds is 9. The summed E-state index contributed by atoms with van der Waals surface area (Å²) >= 11 is 11.9. The van der Waals surface area contributed by atoms with Crippen molar-refractivity contribution >= 4 is 51.5 Å². The van der Waals surface area contributed by atoms with Crippen LogP contribution in [0.2, 0.25) is 10.0 Å². The number of methoxy groups -OCH3 is 1. The highest BCUT2D eigenvalue weighted by Gasteiger charge is 2.43. The van der Waals surface area contributed by atoms with Crippen molar-refractivity contribution in [2.24, 2.45) is 0 Å². The maximum absolute atomic E-state index is 14.8. The summed E-state index contributed by atoms with van der Waals surface area (Å²) in [6.07, 6.45) is 5.93. The summed E-state index contributed by atoms with van der Waals surface area (Å²) in [4.78, 5) is 23.0. The van der Waals surface area contributed by atoms with Gasteiger partial charge < -0.3 is 24.4 Å². The minimum absolute atomic E-state index is 0.0346. The first-order valence-electron chi connectivity index (χ1n) is 12.3. The smallest absolute Gasteiger partial charge is 0.246 e. The second-order valence-corrected chi connectivity index (χ2v) is 10.1. The molecular formula is C27H27Cl2FN4O4. The van der Waals surface area contributed by atoms with Gasteiger partial charge in [-0.25, -0.2) is 14.4 Å². The van der Waals surface area contributed by atoms with Crippen LogP contribution in [0.4, 0.5) is 15.9 Å². The van der Waals surface area contributed by atoms with Gasteiger partial charge in [0.25, 0.3) is 0 Å². The number of carbonyl (C=O) groups excluding carboxylic acids is 1. The standard InChI is InChI=1S/C27H27Cl2FN4O4/c1-3-24(35)34-15-4-5-16(34)11-17(10-15)38-23-12-18-21(13-22(23)37-9-8-36-2)31-14-32-27(18)33-20-7-6-19(28)25(29)26(20)30/h3,6-7,12-17H,1,4-5,8-11H2,2H3,(H,31,32,33). The van der Waals surface area contributed by atoms with Crippen molar-refractivity contribution in [3.63, 3.8) is 0 Å². The highest BCUT2D eigenvalue weighted by molar-refractivity contribution is 6.42. The molecule has 200 valence electrons. The fourth-order valence-corrected chi connectivity index (χ4v) is 5.53. The summed E-state index contributed by atoms with van der Waals surface area (Å²) in [6, 6.07) is 6.78. The predicted molar refractivity (Wildman–Crippen MR) is 144 cm³/mol. The number of ether oxygens (including phenoxy) is 3. The average Bonchev–Trinajstić information content (AvgIpc) is 3.19. The normalized spacial score (nSPS) is 20.4. The Labute approximate surface area is 229 Å². The summed E-state index contributed by atoms with van der Waals surface area (Å²) in [5, 5.41) is 3.54. The number of carbonyl (C=O) groups is 1. The molecule has 2 atom stereocenters. The van der Waals surface area contributed by atoms with Crippen LogP contribution in [-0.2, 0) is 9.53 Å². The third kappa shape index (κ3) is 5.23. The lowest BCUT2D eigenvalue weighted by atomic mass is 9.99. The summed E-state index contributed by atoms with van der Waals surface area (Å²) in [7, 11) is 1.60. The Morgan fingerprint density at radius 1 is 1.18 bits per heavy atom. The van der Waals surface area contributed by atoms with Gasteiger partial charge in [0.15, 0.2) is 17.3 Å². The van der Waals surface area contributed by atoms with Crippen LogP contribution in [0.15, 0.2) is 43.2 Å². The first kappa shape index (κ1) is 26.5. The number of halogens is 3. The number of aromatic nitrogens is 2. The van der Waals surface area contributed by atoms with E-state index >= 15 is 0 Å². The molecule has 0 spiro atoms. The molecule has 2 saturated heterocycles. The van der Waals surface area contributed by atoms with Crippen molar-refractivity contribution in [3.05, 3.63) is 59.1 Å². The van der Waals surface area contributed by atoms with Crippen molar-refractivity contribution in [1.82, 2.24) is 14.9 Å².